The van der Waals surface area contributed by atoms with Crippen molar-refractivity contribution in [1.29, 1.82) is 0 Å². The van der Waals surface area contributed by atoms with Crippen LogP contribution in [0.15, 0.2) is 95.9 Å². The first kappa shape index (κ1) is 37.3. The largest absolute Gasteiger partial charge is 0.494 e. The summed E-state index contributed by atoms with van der Waals surface area (Å²) in [6.07, 6.45) is -0.149. The van der Waals surface area contributed by atoms with Crippen molar-refractivity contribution in [2.75, 3.05) is 17.6 Å². The maximum atomic E-state index is 13.2. The number of primary amides is 1. The summed E-state index contributed by atoms with van der Waals surface area (Å²) in [5.41, 5.74) is 19.5. The maximum absolute atomic E-state index is 13.2. The van der Waals surface area contributed by atoms with Crippen LogP contribution in [0.5, 0.6) is 17.5 Å². The molecule has 1 heterocycles. The predicted molar refractivity (Wildman–Crippen MR) is 190 cm³/mol. The Labute approximate surface area is 293 Å². The molecular formula is C35H41N7O7S. The molecule has 4 rings (SSSR count). The smallest absolute Gasteiger partial charge is 0.413 e. The Morgan fingerprint density at radius 3 is 2.14 bits per heavy atom. The van der Waals surface area contributed by atoms with Gasteiger partial charge in [0.1, 0.15) is 17.8 Å². The van der Waals surface area contributed by atoms with Gasteiger partial charge in [-0.25, -0.2) is 4.79 Å². The first-order chi connectivity index (χ1) is 24.0. The Balaban J connectivity index is 1.31. The van der Waals surface area contributed by atoms with Gasteiger partial charge in [-0.05, 0) is 61.2 Å². The first-order valence-corrected chi connectivity index (χ1v) is 16.8. The molecule has 0 bridgehead atoms. The lowest BCUT2D eigenvalue weighted by molar-refractivity contribution is -0.128. The summed E-state index contributed by atoms with van der Waals surface area (Å²) >= 11 is 1.01. The number of nitrogens with two attached hydrogens (primary N) is 3. The number of carbonyl (C=O) groups is 4. The molecule has 0 fully saturated rings. The molecule has 4 amide bonds. The molecule has 50 heavy (non-hydrogen) atoms. The summed E-state index contributed by atoms with van der Waals surface area (Å²) in [6, 6.07) is 22.8. The molecule has 264 valence electrons. The fourth-order valence-electron chi connectivity index (χ4n) is 4.84. The molecule has 0 saturated carbocycles. The maximum Gasteiger partial charge on any atom is 0.413 e. The van der Waals surface area contributed by atoms with Crippen molar-refractivity contribution in [3.8, 4) is 17.5 Å². The van der Waals surface area contributed by atoms with Gasteiger partial charge >= 0.3 is 6.09 Å². The van der Waals surface area contributed by atoms with Crippen molar-refractivity contribution in [2.45, 2.75) is 48.8 Å². The van der Waals surface area contributed by atoms with Gasteiger partial charge < -0.3 is 48.1 Å². The van der Waals surface area contributed by atoms with Gasteiger partial charge in [0.05, 0.1) is 17.5 Å². The summed E-state index contributed by atoms with van der Waals surface area (Å²) < 4.78 is 6.67. The van der Waals surface area contributed by atoms with Crippen molar-refractivity contribution < 1.29 is 34.1 Å². The van der Waals surface area contributed by atoms with Crippen LogP contribution in [0.3, 0.4) is 0 Å². The number of ether oxygens (including phenoxy) is 1. The van der Waals surface area contributed by atoms with E-state index in [1.165, 1.54) is 22.8 Å². The van der Waals surface area contributed by atoms with Gasteiger partial charge in [0.2, 0.25) is 23.6 Å². The highest BCUT2D eigenvalue weighted by molar-refractivity contribution is 7.99. The highest BCUT2D eigenvalue weighted by atomic mass is 32.2. The van der Waals surface area contributed by atoms with E-state index in [1.807, 2.05) is 36.4 Å². The second-order valence-corrected chi connectivity index (χ2v) is 12.4. The zero-order chi connectivity index (χ0) is 36.0. The number of nitrogens with one attached hydrogen (secondary N) is 3. The Bertz CT molecular complexity index is 1740. The average molecular weight is 704 g/mol. The quantitative estimate of drug-likeness (QED) is 0.0748. The molecule has 11 N–H and O–H groups in total. The van der Waals surface area contributed by atoms with E-state index in [2.05, 4.69) is 16.0 Å². The zero-order valence-electron chi connectivity index (χ0n) is 27.2. The van der Waals surface area contributed by atoms with Gasteiger partial charge in [0.15, 0.2) is 5.88 Å². The van der Waals surface area contributed by atoms with Gasteiger partial charge in [-0.2, -0.15) is 0 Å². The van der Waals surface area contributed by atoms with Crippen LogP contribution < -0.4 is 37.9 Å². The fourth-order valence-corrected chi connectivity index (χ4v) is 5.86. The van der Waals surface area contributed by atoms with Gasteiger partial charge in [0, 0.05) is 17.5 Å². The highest BCUT2D eigenvalue weighted by Gasteiger charge is 2.27. The van der Waals surface area contributed by atoms with Gasteiger partial charge in [-0.1, -0.05) is 60.7 Å². The number of carbonyl (C=O) groups excluding carboxylic acids is 4. The minimum atomic E-state index is -1.18. The number of aromatic nitrogens is 1. The second-order valence-electron chi connectivity index (χ2n) is 11.4. The number of aromatic hydroxyl groups is 2. The molecule has 0 aliphatic rings. The van der Waals surface area contributed by atoms with Crippen LogP contribution in [-0.2, 0) is 27.3 Å². The van der Waals surface area contributed by atoms with Gasteiger partial charge in [-0.15, -0.1) is 11.8 Å². The standard InChI is InChI=1S/C35H41N7O7S/c36-17-7-12-27(41-35(48)49-25-15-13-22(14-16-25)18-26(37)32(45)39-24-10-5-2-6-11-24)33(46)40-28(31(38)44)21-50-29-19-30(43)42(34(29)47)20-23-8-3-1-4-9-23/h1-6,8-11,13-16,19,26-28,43,47H,7,12,17-18,20-21,36-37H2,(H2,38,44)(H,39,45)(H,40,46)(H,41,48). The Hall–Kier alpha value is -5.51. The Morgan fingerprint density at radius 2 is 1.50 bits per heavy atom. The molecule has 0 spiro atoms. The monoisotopic (exact) mass is 703 g/mol. The van der Waals surface area contributed by atoms with Crippen molar-refractivity contribution in [3.63, 3.8) is 0 Å². The molecule has 15 heteroatoms. The molecule has 3 atom stereocenters. The lowest BCUT2D eigenvalue weighted by Crippen LogP contribution is -2.54. The normalized spacial score (nSPS) is 12.7. The number of nitrogens with zero attached hydrogens (tertiary/aromatic N) is 1. The van der Waals surface area contributed by atoms with E-state index >= 15 is 0 Å². The van der Waals surface area contributed by atoms with Crippen LogP contribution in [-0.4, -0.2) is 69.0 Å². The van der Waals surface area contributed by atoms with Crippen molar-refractivity contribution >= 4 is 41.3 Å². The van der Waals surface area contributed by atoms with Crippen LogP contribution in [0.4, 0.5) is 10.5 Å². The lowest BCUT2D eigenvalue weighted by atomic mass is 10.1. The van der Waals surface area contributed by atoms with Crippen LogP contribution in [0, 0.1) is 0 Å². The molecule has 4 aromatic rings. The Morgan fingerprint density at radius 1 is 0.840 bits per heavy atom. The molecule has 0 aliphatic heterocycles. The lowest BCUT2D eigenvalue weighted by Gasteiger charge is -2.21. The average Bonchev–Trinajstić information content (AvgIpc) is 3.37. The molecule has 0 aliphatic carbocycles. The highest BCUT2D eigenvalue weighted by Crippen LogP contribution is 2.36. The zero-order valence-corrected chi connectivity index (χ0v) is 28.0. The van der Waals surface area contributed by atoms with Crippen LogP contribution in [0.2, 0.25) is 0 Å². The molecule has 14 nitrogen and oxygen atoms in total. The SMILES string of the molecule is NCCCC(NC(=O)Oc1ccc(CC(N)C(=O)Nc2ccccc2)cc1)C(=O)NC(CSc1cc(O)n(Cc2ccccc2)c1O)C(N)=O. The summed E-state index contributed by atoms with van der Waals surface area (Å²) in [4.78, 5) is 51.0. The molecule has 0 radical (unpaired) electrons. The third-order valence-corrected chi connectivity index (χ3v) is 8.65. The van der Waals surface area contributed by atoms with Crippen LogP contribution in [0.1, 0.15) is 24.0 Å². The van der Waals surface area contributed by atoms with E-state index in [-0.39, 0.29) is 60.0 Å². The summed E-state index contributed by atoms with van der Waals surface area (Å²) in [7, 11) is 0. The number of rotatable bonds is 17. The van der Waals surface area contributed by atoms with E-state index in [0.29, 0.717) is 12.1 Å². The molecule has 3 unspecified atom stereocenters. The number of benzene rings is 3. The second kappa shape index (κ2) is 18.3. The van der Waals surface area contributed by atoms with Crippen molar-refractivity contribution in [3.05, 3.63) is 102 Å². The van der Waals surface area contributed by atoms with Gasteiger partial charge in [-0.3, -0.25) is 19.0 Å². The van der Waals surface area contributed by atoms with E-state index in [0.717, 1.165) is 22.9 Å². The number of hydrogen-bond acceptors (Lipinski definition) is 10. The summed E-state index contributed by atoms with van der Waals surface area (Å²) in [5.74, 6) is -2.14. The minimum Gasteiger partial charge on any atom is -0.494 e. The first-order valence-electron chi connectivity index (χ1n) is 15.8. The third kappa shape index (κ3) is 11.0. The number of para-hydroxylation sites is 1. The van der Waals surface area contributed by atoms with Crippen LogP contribution >= 0.6 is 11.8 Å². The van der Waals surface area contributed by atoms with Crippen LogP contribution in [0.25, 0.3) is 0 Å². The van der Waals surface area contributed by atoms with E-state index < -0.39 is 36.0 Å². The third-order valence-electron chi connectivity index (χ3n) is 7.53. The molecule has 1 aromatic heterocycles. The number of thioether (sulfide) groups is 1. The topological polar surface area (TPSA) is 237 Å². The molecule has 0 saturated heterocycles. The van der Waals surface area contributed by atoms with Crippen molar-refractivity contribution in [1.82, 2.24) is 15.2 Å². The van der Waals surface area contributed by atoms with Crippen molar-refractivity contribution in [2.24, 2.45) is 17.2 Å². The minimum absolute atomic E-state index is 0.0681. The van der Waals surface area contributed by atoms with Gasteiger partial charge in [0.25, 0.3) is 0 Å². The Kier molecular flexibility index (Phi) is 13.7. The van der Waals surface area contributed by atoms with E-state index in [9.17, 15) is 29.4 Å². The number of amides is 4. The number of hydrogen-bond donors (Lipinski definition) is 8. The van der Waals surface area contributed by atoms with E-state index in [4.69, 9.17) is 21.9 Å². The fraction of sp³-hybridized carbons (Fsp3) is 0.257. The summed E-state index contributed by atoms with van der Waals surface area (Å²) in [6.45, 7) is 0.456. The predicted octanol–water partition coefficient (Wildman–Crippen LogP) is 2.41. The molecular weight excluding hydrogens is 662 g/mol. The van der Waals surface area contributed by atoms with E-state index in [1.54, 1.807) is 36.4 Å². The number of anilines is 1. The summed E-state index contributed by atoms with van der Waals surface area (Å²) in [5, 5.41) is 28.9. The molecule has 3 aromatic carbocycles.